The SMILES string of the molecule is COc1cc(C(N)Cc2cc(F)cc(Br)c2)ncn1. The van der Waals surface area contributed by atoms with Crippen LogP contribution in [0, 0.1) is 5.82 Å². The molecule has 0 radical (unpaired) electrons. The van der Waals surface area contributed by atoms with E-state index in [1.54, 1.807) is 6.07 Å². The van der Waals surface area contributed by atoms with Gasteiger partial charge in [0.1, 0.15) is 12.1 Å². The van der Waals surface area contributed by atoms with Crippen molar-refractivity contribution in [3.05, 3.63) is 52.1 Å². The van der Waals surface area contributed by atoms with E-state index in [-0.39, 0.29) is 11.9 Å². The molecule has 0 saturated heterocycles. The Balaban J connectivity index is 2.17. The summed E-state index contributed by atoms with van der Waals surface area (Å²) in [5, 5.41) is 0. The fraction of sp³-hybridized carbons (Fsp3) is 0.231. The molecule has 0 amide bonds. The predicted molar refractivity (Wildman–Crippen MR) is 73.3 cm³/mol. The molecule has 6 heteroatoms. The van der Waals surface area contributed by atoms with Crippen molar-refractivity contribution < 1.29 is 9.13 Å². The van der Waals surface area contributed by atoms with E-state index in [4.69, 9.17) is 10.5 Å². The molecule has 1 aromatic heterocycles. The molecule has 1 unspecified atom stereocenters. The predicted octanol–water partition coefficient (Wildman–Crippen LogP) is 2.63. The Hall–Kier alpha value is -1.53. The highest BCUT2D eigenvalue weighted by Crippen LogP contribution is 2.20. The second kappa shape index (κ2) is 6.08. The van der Waals surface area contributed by atoms with E-state index >= 15 is 0 Å². The number of nitrogens with two attached hydrogens (primary N) is 1. The Kier molecular flexibility index (Phi) is 4.44. The molecule has 1 atom stereocenters. The minimum Gasteiger partial charge on any atom is -0.481 e. The minimum absolute atomic E-state index is 0.295. The van der Waals surface area contributed by atoms with E-state index in [1.165, 1.54) is 25.6 Å². The van der Waals surface area contributed by atoms with E-state index in [0.29, 0.717) is 22.5 Å². The molecule has 0 spiro atoms. The van der Waals surface area contributed by atoms with Gasteiger partial charge in [-0.2, -0.15) is 0 Å². The van der Waals surface area contributed by atoms with Crippen molar-refractivity contribution in [1.82, 2.24) is 9.97 Å². The maximum Gasteiger partial charge on any atom is 0.216 e. The second-order valence-electron chi connectivity index (χ2n) is 4.07. The summed E-state index contributed by atoms with van der Waals surface area (Å²) >= 11 is 3.26. The van der Waals surface area contributed by atoms with Gasteiger partial charge in [0.25, 0.3) is 0 Å². The number of halogens is 2. The first-order valence-electron chi connectivity index (χ1n) is 5.65. The Morgan fingerprint density at radius 3 is 2.79 bits per heavy atom. The zero-order valence-corrected chi connectivity index (χ0v) is 11.9. The summed E-state index contributed by atoms with van der Waals surface area (Å²) in [5.74, 6) is 0.165. The van der Waals surface area contributed by atoms with E-state index in [9.17, 15) is 4.39 Å². The summed E-state index contributed by atoms with van der Waals surface area (Å²) in [6, 6.07) is 6.04. The topological polar surface area (TPSA) is 61.0 Å². The number of benzene rings is 1. The summed E-state index contributed by atoms with van der Waals surface area (Å²) < 4.78 is 19.0. The summed E-state index contributed by atoms with van der Waals surface area (Å²) in [7, 11) is 1.53. The Morgan fingerprint density at radius 1 is 1.32 bits per heavy atom. The summed E-state index contributed by atoms with van der Waals surface area (Å²) in [6.45, 7) is 0. The first-order valence-corrected chi connectivity index (χ1v) is 6.44. The molecule has 0 aliphatic rings. The van der Waals surface area contributed by atoms with Gasteiger partial charge in [-0.1, -0.05) is 15.9 Å². The van der Waals surface area contributed by atoms with Crippen LogP contribution in [0.3, 0.4) is 0 Å². The normalized spacial score (nSPS) is 12.2. The molecule has 4 nitrogen and oxygen atoms in total. The van der Waals surface area contributed by atoms with Crippen molar-refractivity contribution in [1.29, 1.82) is 0 Å². The summed E-state index contributed by atoms with van der Waals surface area (Å²) in [4.78, 5) is 8.03. The highest BCUT2D eigenvalue weighted by Gasteiger charge is 2.11. The van der Waals surface area contributed by atoms with Crippen molar-refractivity contribution in [2.75, 3.05) is 7.11 Å². The van der Waals surface area contributed by atoms with E-state index < -0.39 is 0 Å². The molecule has 2 rings (SSSR count). The quantitative estimate of drug-likeness (QED) is 0.938. The number of rotatable bonds is 4. The fourth-order valence-electron chi connectivity index (χ4n) is 1.76. The van der Waals surface area contributed by atoms with Gasteiger partial charge >= 0.3 is 0 Å². The lowest BCUT2D eigenvalue weighted by Gasteiger charge is -2.12. The first kappa shape index (κ1) is 13.9. The lowest BCUT2D eigenvalue weighted by atomic mass is 10.0. The third-order valence-electron chi connectivity index (χ3n) is 2.63. The molecule has 0 aliphatic heterocycles. The molecule has 100 valence electrons. The largest absolute Gasteiger partial charge is 0.481 e. The Morgan fingerprint density at radius 2 is 2.11 bits per heavy atom. The van der Waals surface area contributed by atoms with Gasteiger partial charge in [-0.3, -0.25) is 0 Å². The highest BCUT2D eigenvalue weighted by molar-refractivity contribution is 9.10. The maximum atomic E-state index is 13.3. The van der Waals surface area contributed by atoms with Gasteiger partial charge < -0.3 is 10.5 Å². The molecule has 2 N–H and O–H groups in total. The maximum absolute atomic E-state index is 13.3. The van der Waals surface area contributed by atoms with Crippen molar-refractivity contribution in [2.24, 2.45) is 5.73 Å². The molecule has 1 aromatic carbocycles. The molecular weight excluding hydrogens is 313 g/mol. The van der Waals surface area contributed by atoms with Crippen LogP contribution in [0.1, 0.15) is 17.3 Å². The molecule has 0 bridgehead atoms. The lowest BCUT2D eigenvalue weighted by molar-refractivity contribution is 0.395. The first-order chi connectivity index (χ1) is 9.08. The van der Waals surface area contributed by atoms with Gasteiger partial charge in [-0.15, -0.1) is 0 Å². The zero-order chi connectivity index (χ0) is 13.8. The van der Waals surface area contributed by atoms with Gasteiger partial charge in [0.05, 0.1) is 18.8 Å². The average molecular weight is 326 g/mol. The van der Waals surface area contributed by atoms with Gasteiger partial charge in [0, 0.05) is 10.5 Å². The van der Waals surface area contributed by atoms with Crippen molar-refractivity contribution in [2.45, 2.75) is 12.5 Å². The number of nitrogens with zero attached hydrogens (tertiary/aromatic N) is 2. The van der Waals surface area contributed by atoms with Crippen LogP contribution in [0.2, 0.25) is 0 Å². The number of hydrogen-bond acceptors (Lipinski definition) is 4. The highest BCUT2D eigenvalue weighted by atomic mass is 79.9. The summed E-state index contributed by atoms with van der Waals surface area (Å²) in [5.41, 5.74) is 7.53. The standard InChI is InChI=1S/C13H13BrFN3O/c1-19-13-6-12(17-7-18-13)11(16)4-8-2-9(14)5-10(15)3-8/h2-3,5-7,11H,4,16H2,1H3. The van der Waals surface area contributed by atoms with E-state index in [1.807, 2.05) is 6.07 Å². The lowest BCUT2D eigenvalue weighted by Crippen LogP contribution is -2.15. The van der Waals surface area contributed by atoms with Crippen LogP contribution in [-0.4, -0.2) is 17.1 Å². The molecule has 19 heavy (non-hydrogen) atoms. The number of ether oxygens (including phenoxy) is 1. The second-order valence-corrected chi connectivity index (χ2v) is 4.99. The van der Waals surface area contributed by atoms with Crippen LogP contribution in [0.4, 0.5) is 4.39 Å². The average Bonchev–Trinajstić information content (AvgIpc) is 2.37. The molecule has 0 saturated carbocycles. The van der Waals surface area contributed by atoms with Gasteiger partial charge in [0.15, 0.2) is 0 Å². The van der Waals surface area contributed by atoms with Gasteiger partial charge in [-0.05, 0) is 30.2 Å². The van der Waals surface area contributed by atoms with Crippen LogP contribution >= 0.6 is 15.9 Å². The Labute approximate surface area is 119 Å². The third kappa shape index (κ3) is 3.71. The summed E-state index contributed by atoms with van der Waals surface area (Å²) in [6.07, 6.45) is 1.88. The van der Waals surface area contributed by atoms with Crippen LogP contribution in [0.15, 0.2) is 35.1 Å². The smallest absolute Gasteiger partial charge is 0.216 e. The third-order valence-corrected chi connectivity index (χ3v) is 3.09. The minimum atomic E-state index is -0.342. The van der Waals surface area contributed by atoms with Gasteiger partial charge in [0.2, 0.25) is 5.88 Å². The number of hydrogen-bond donors (Lipinski definition) is 1. The molecule has 2 aromatic rings. The number of aromatic nitrogens is 2. The Bertz CT molecular complexity index is 559. The van der Waals surface area contributed by atoms with Crippen molar-refractivity contribution in [3.63, 3.8) is 0 Å². The van der Waals surface area contributed by atoms with Crippen LogP contribution < -0.4 is 10.5 Å². The van der Waals surface area contributed by atoms with E-state index in [2.05, 4.69) is 25.9 Å². The zero-order valence-electron chi connectivity index (χ0n) is 10.3. The molecule has 0 aliphatic carbocycles. The van der Waals surface area contributed by atoms with E-state index in [0.717, 1.165) is 5.56 Å². The van der Waals surface area contributed by atoms with Gasteiger partial charge in [-0.25, -0.2) is 14.4 Å². The monoisotopic (exact) mass is 325 g/mol. The van der Waals surface area contributed by atoms with Crippen LogP contribution in [-0.2, 0) is 6.42 Å². The molecule has 0 fully saturated rings. The van der Waals surface area contributed by atoms with Crippen molar-refractivity contribution >= 4 is 15.9 Å². The fourth-order valence-corrected chi connectivity index (χ4v) is 2.27. The van der Waals surface area contributed by atoms with Crippen LogP contribution in [0.5, 0.6) is 5.88 Å². The molecule has 1 heterocycles. The van der Waals surface area contributed by atoms with Crippen molar-refractivity contribution in [3.8, 4) is 5.88 Å². The van der Waals surface area contributed by atoms with Crippen LogP contribution in [0.25, 0.3) is 0 Å². The number of methoxy groups -OCH3 is 1. The molecular formula is C13H13BrFN3O.